The zero-order chi connectivity index (χ0) is 18.0. The summed E-state index contributed by atoms with van der Waals surface area (Å²) >= 11 is 0. The maximum atomic E-state index is 11.9. The van der Waals surface area contributed by atoms with Crippen molar-refractivity contribution in [2.75, 3.05) is 39.0 Å². The molecule has 3 atom stereocenters. The van der Waals surface area contributed by atoms with Crippen molar-refractivity contribution in [3.8, 4) is 0 Å². The third-order valence-corrected chi connectivity index (χ3v) is 6.91. The zero-order valence-corrected chi connectivity index (χ0v) is 19.3. The highest BCUT2D eigenvalue weighted by molar-refractivity contribution is 14.0. The molecule has 3 aliphatic rings. The van der Waals surface area contributed by atoms with Gasteiger partial charge in [-0.25, -0.2) is 8.42 Å². The van der Waals surface area contributed by atoms with Gasteiger partial charge in [0.25, 0.3) is 0 Å². The monoisotopic (exact) mass is 499 g/mol. The summed E-state index contributed by atoms with van der Waals surface area (Å²) in [6.07, 6.45) is 5.80. The number of nitrogens with zero attached hydrogens (tertiary/aromatic N) is 3. The van der Waals surface area contributed by atoms with Gasteiger partial charge >= 0.3 is 0 Å². The Balaban J connectivity index is 0.00000243. The molecule has 1 saturated carbocycles. The molecule has 3 rings (SSSR count). The van der Waals surface area contributed by atoms with Crippen LogP contribution in [-0.2, 0) is 10.0 Å². The van der Waals surface area contributed by atoms with Crippen molar-refractivity contribution in [1.29, 1.82) is 0 Å². The smallest absolute Gasteiger partial charge is 0.211 e. The third kappa shape index (κ3) is 5.68. The highest BCUT2D eigenvalue weighted by Crippen LogP contribution is 2.31. The normalized spacial score (nSPS) is 31.0. The number of likely N-dealkylation sites (tertiary alicyclic amines) is 1. The van der Waals surface area contributed by atoms with Gasteiger partial charge in [0.05, 0.1) is 12.8 Å². The van der Waals surface area contributed by atoms with E-state index in [4.69, 9.17) is 4.99 Å². The van der Waals surface area contributed by atoms with Gasteiger partial charge in [0.2, 0.25) is 10.0 Å². The highest BCUT2D eigenvalue weighted by Gasteiger charge is 2.38. The van der Waals surface area contributed by atoms with Crippen LogP contribution in [0.5, 0.6) is 0 Å². The molecule has 1 aliphatic carbocycles. The Hall–Kier alpha value is -0.130. The summed E-state index contributed by atoms with van der Waals surface area (Å²) in [5, 5.41) is 6.91. The first kappa shape index (κ1) is 22.2. The predicted molar refractivity (Wildman–Crippen MR) is 117 cm³/mol. The molecule has 26 heavy (non-hydrogen) atoms. The minimum Gasteiger partial charge on any atom is -0.357 e. The number of aliphatic imine (C=N–C) groups is 1. The van der Waals surface area contributed by atoms with E-state index < -0.39 is 10.0 Å². The second-order valence-corrected chi connectivity index (χ2v) is 9.74. The van der Waals surface area contributed by atoms with Crippen molar-refractivity contribution >= 4 is 40.0 Å². The summed E-state index contributed by atoms with van der Waals surface area (Å²) in [5.41, 5.74) is 0. The predicted octanol–water partition coefficient (Wildman–Crippen LogP) is 1.07. The molecule has 0 aromatic rings. The van der Waals surface area contributed by atoms with Gasteiger partial charge in [0, 0.05) is 44.3 Å². The van der Waals surface area contributed by atoms with Gasteiger partial charge in [0.15, 0.2) is 5.96 Å². The van der Waals surface area contributed by atoms with Gasteiger partial charge in [-0.05, 0) is 38.5 Å². The van der Waals surface area contributed by atoms with Gasteiger partial charge in [0.1, 0.15) is 0 Å². The third-order valence-electron chi connectivity index (χ3n) is 5.58. The first-order valence-electron chi connectivity index (χ1n) is 9.64. The topological polar surface area (TPSA) is 77.0 Å². The Morgan fingerprint density at radius 1 is 1.23 bits per heavy atom. The second kappa shape index (κ2) is 9.38. The molecule has 152 valence electrons. The number of nitrogens with one attached hydrogen (secondary N) is 2. The van der Waals surface area contributed by atoms with Crippen LogP contribution in [0.25, 0.3) is 0 Å². The Morgan fingerprint density at radius 2 is 1.96 bits per heavy atom. The van der Waals surface area contributed by atoms with Crippen molar-refractivity contribution in [2.24, 2.45) is 10.9 Å². The van der Waals surface area contributed by atoms with Crippen LogP contribution < -0.4 is 10.6 Å². The number of sulfonamides is 1. The summed E-state index contributed by atoms with van der Waals surface area (Å²) in [4.78, 5) is 7.30. The minimum atomic E-state index is -3.14. The molecule has 2 saturated heterocycles. The van der Waals surface area contributed by atoms with Gasteiger partial charge in [-0.2, -0.15) is 4.31 Å². The van der Waals surface area contributed by atoms with E-state index in [-0.39, 0.29) is 30.0 Å². The lowest BCUT2D eigenvalue weighted by atomic mass is 10.1. The van der Waals surface area contributed by atoms with Gasteiger partial charge in [-0.3, -0.25) is 9.89 Å². The molecule has 0 aromatic carbocycles. The van der Waals surface area contributed by atoms with Crippen molar-refractivity contribution in [3.63, 3.8) is 0 Å². The number of rotatable bonds is 6. The molecule has 0 spiro atoms. The number of hydrogen-bond donors (Lipinski definition) is 2. The molecule has 0 radical (unpaired) electrons. The van der Waals surface area contributed by atoms with E-state index in [1.165, 1.54) is 19.1 Å². The van der Waals surface area contributed by atoms with Crippen molar-refractivity contribution < 1.29 is 8.42 Å². The minimum absolute atomic E-state index is 0. The van der Waals surface area contributed by atoms with Crippen LogP contribution in [0, 0.1) is 5.92 Å². The van der Waals surface area contributed by atoms with Crippen molar-refractivity contribution in [1.82, 2.24) is 19.8 Å². The molecule has 0 amide bonds. The molecule has 2 N–H and O–H groups in total. The van der Waals surface area contributed by atoms with Crippen LogP contribution in [0.4, 0.5) is 0 Å². The van der Waals surface area contributed by atoms with Crippen LogP contribution in [-0.4, -0.2) is 80.7 Å². The average molecular weight is 499 g/mol. The lowest BCUT2D eigenvalue weighted by Gasteiger charge is -2.23. The van der Waals surface area contributed by atoms with Gasteiger partial charge in [-0.15, -0.1) is 24.0 Å². The van der Waals surface area contributed by atoms with Crippen LogP contribution >= 0.6 is 24.0 Å². The Bertz CT molecular complexity index is 596. The van der Waals surface area contributed by atoms with Crippen molar-refractivity contribution in [3.05, 3.63) is 0 Å². The van der Waals surface area contributed by atoms with E-state index in [9.17, 15) is 8.42 Å². The zero-order valence-electron chi connectivity index (χ0n) is 16.1. The molecule has 2 unspecified atom stereocenters. The van der Waals surface area contributed by atoms with Crippen LogP contribution in [0.2, 0.25) is 0 Å². The lowest BCUT2D eigenvalue weighted by Crippen LogP contribution is -2.47. The maximum Gasteiger partial charge on any atom is 0.211 e. The molecule has 0 aromatic heterocycles. The molecule has 7 nitrogen and oxygen atoms in total. The van der Waals surface area contributed by atoms with Crippen LogP contribution in [0.15, 0.2) is 4.99 Å². The molecule has 3 fully saturated rings. The molecule has 0 bridgehead atoms. The summed E-state index contributed by atoms with van der Waals surface area (Å²) in [7, 11) is -3.14. The standard InChI is InChI=1S/C17H33N5O2S.HI/c1-4-18-17(19-10-15-6-5-9-22(15)25(3,23)24)20-16-12-21(11-13(16)2)14-7-8-14;/h13-16H,4-12H2,1-3H3,(H2,18,19,20);1H/t13?,15-,16?;/m1./s1. The largest absolute Gasteiger partial charge is 0.357 e. The number of halogens is 1. The Kier molecular flexibility index (Phi) is 7.99. The lowest BCUT2D eigenvalue weighted by molar-refractivity contribution is 0.315. The number of hydrogen-bond acceptors (Lipinski definition) is 4. The van der Waals surface area contributed by atoms with Crippen LogP contribution in [0.1, 0.15) is 39.5 Å². The van der Waals surface area contributed by atoms with Gasteiger partial charge < -0.3 is 10.6 Å². The van der Waals surface area contributed by atoms with E-state index in [1.54, 1.807) is 4.31 Å². The summed E-state index contributed by atoms with van der Waals surface area (Å²) < 4.78 is 25.4. The molecule has 9 heteroatoms. The van der Waals surface area contributed by atoms with E-state index in [0.29, 0.717) is 25.0 Å². The fourth-order valence-electron chi connectivity index (χ4n) is 4.05. The molecular weight excluding hydrogens is 465 g/mol. The van der Waals surface area contributed by atoms with E-state index >= 15 is 0 Å². The summed E-state index contributed by atoms with van der Waals surface area (Å²) in [6, 6.07) is 1.21. The Labute approximate surface area is 175 Å². The molecule has 2 heterocycles. The maximum absolute atomic E-state index is 11.9. The second-order valence-electron chi connectivity index (χ2n) is 7.80. The van der Waals surface area contributed by atoms with E-state index in [2.05, 4.69) is 29.4 Å². The molecule has 2 aliphatic heterocycles. The average Bonchev–Trinajstić information content (AvgIpc) is 3.16. The first-order valence-corrected chi connectivity index (χ1v) is 11.5. The summed E-state index contributed by atoms with van der Waals surface area (Å²) in [5.74, 6) is 1.42. The van der Waals surface area contributed by atoms with Crippen LogP contribution in [0.3, 0.4) is 0 Å². The van der Waals surface area contributed by atoms with Crippen molar-refractivity contribution in [2.45, 2.75) is 57.7 Å². The number of guanidine groups is 1. The molecular formula is C17H34IN5O2S. The highest BCUT2D eigenvalue weighted by atomic mass is 127. The Morgan fingerprint density at radius 3 is 2.58 bits per heavy atom. The fraction of sp³-hybridized carbons (Fsp3) is 0.941. The first-order chi connectivity index (χ1) is 11.9. The summed E-state index contributed by atoms with van der Waals surface area (Å²) in [6.45, 7) is 8.55. The van der Waals surface area contributed by atoms with E-state index in [0.717, 1.165) is 44.5 Å². The quantitative estimate of drug-likeness (QED) is 0.325. The van der Waals surface area contributed by atoms with Gasteiger partial charge in [-0.1, -0.05) is 6.92 Å². The SMILES string of the molecule is CCNC(=NC[C@H]1CCCN1S(C)(=O)=O)NC1CN(C2CC2)CC1C.I. The van der Waals surface area contributed by atoms with E-state index in [1.807, 2.05) is 0 Å². The fourth-order valence-corrected chi connectivity index (χ4v) is 5.22.